The van der Waals surface area contributed by atoms with Crippen molar-refractivity contribution in [3.63, 3.8) is 0 Å². The van der Waals surface area contributed by atoms with Crippen LogP contribution in [0.2, 0.25) is 0 Å². The normalized spacial score (nSPS) is 25.4. The minimum atomic E-state index is -2.87. The molecule has 3 aliphatic heterocycles. The van der Waals surface area contributed by atoms with Crippen LogP contribution in [-0.4, -0.2) is 98.3 Å². The number of sulfone groups is 1. The van der Waals surface area contributed by atoms with E-state index in [9.17, 15) is 18.0 Å². The van der Waals surface area contributed by atoms with Gasteiger partial charge in [-0.3, -0.25) is 19.4 Å². The lowest BCUT2D eigenvalue weighted by Crippen LogP contribution is -2.53. The third-order valence-electron chi connectivity index (χ3n) is 6.71. The van der Waals surface area contributed by atoms with Crippen molar-refractivity contribution in [1.82, 2.24) is 14.7 Å². The van der Waals surface area contributed by atoms with Crippen LogP contribution in [0.15, 0.2) is 30.3 Å². The summed E-state index contributed by atoms with van der Waals surface area (Å²) >= 11 is 0. The summed E-state index contributed by atoms with van der Waals surface area (Å²) in [5.41, 5.74) is 0.794. The van der Waals surface area contributed by atoms with Crippen molar-refractivity contribution >= 4 is 27.3 Å². The molecule has 3 aliphatic rings. The molecule has 0 bridgehead atoms. The molecule has 1 atom stereocenters. The number of piperidine rings is 1. The molecule has 1 aromatic rings. The van der Waals surface area contributed by atoms with Crippen LogP contribution in [0.5, 0.6) is 0 Å². The maximum Gasteiger partial charge on any atom is 0.238 e. The summed E-state index contributed by atoms with van der Waals surface area (Å²) in [6, 6.07) is 9.55. The number of amides is 2. The third-order valence-corrected chi connectivity index (χ3v) is 8.46. The number of anilines is 1. The Balaban J connectivity index is 1.18. The average molecular weight is 449 g/mol. The molecule has 0 saturated carbocycles. The van der Waals surface area contributed by atoms with E-state index in [0.717, 1.165) is 38.0 Å². The van der Waals surface area contributed by atoms with Crippen LogP contribution < -0.4 is 5.32 Å². The van der Waals surface area contributed by atoms with E-state index < -0.39 is 9.84 Å². The van der Waals surface area contributed by atoms with Gasteiger partial charge in [-0.2, -0.15) is 0 Å². The summed E-state index contributed by atoms with van der Waals surface area (Å²) in [4.78, 5) is 31.5. The Morgan fingerprint density at radius 1 is 0.935 bits per heavy atom. The fourth-order valence-electron chi connectivity index (χ4n) is 4.88. The summed E-state index contributed by atoms with van der Waals surface area (Å²) in [6.07, 6.45) is 2.32. The summed E-state index contributed by atoms with van der Waals surface area (Å²) < 4.78 is 23.5. The number of benzene rings is 1. The van der Waals surface area contributed by atoms with Gasteiger partial charge in [-0.1, -0.05) is 18.2 Å². The Morgan fingerprint density at radius 2 is 1.61 bits per heavy atom. The number of hydrogen-bond donors (Lipinski definition) is 1. The van der Waals surface area contributed by atoms with E-state index in [1.165, 1.54) is 0 Å². The Morgan fingerprint density at radius 3 is 2.23 bits per heavy atom. The lowest BCUT2D eigenvalue weighted by atomic mass is 9.94. The second kappa shape index (κ2) is 9.67. The van der Waals surface area contributed by atoms with Crippen molar-refractivity contribution in [2.24, 2.45) is 5.92 Å². The van der Waals surface area contributed by atoms with Crippen LogP contribution in [0.3, 0.4) is 0 Å². The average Bonchev–Trinajstić information content (AvgIpc) is 3.14. The van der Waals surface area contributed by atoms with Gasteiger partial charge in [0.1, 0.15) is 0 Å². The lowest BCUT2D eigenvalue weighted by molar-refractivity contribution is -0.139. The fraction of sp³-hybridized carbons (Fsp3) is 0.636. The van der Waals surface area contributed by atoms with Crippen LogP contribution >= 0.6 is 0 Å². The highest BCUT2D eigenvalue weighted by Gasteiger charge is 2.36. The summed E-state index contributed by atoms with van der Waals surface area (Å²) in [5, 5.41) is 2.90. The summed E-state index contributed by atoms with van der Waals surface area (Å²) in [7, 11) is -2.87. The van der Waals surface area contributed by atoms with E-state index in [2.05, 4.69) is 15.1 Å². The zero-order valence-corrected chi connectivity index (χ0v) is 18.7. The van der Waals surface area contributed by atoms with Crippen LogP contribution in [0.25, 0.3) is 0 Å². The second-order valence-electron chi connectivity index (χ2n) is 8.88. The molecule has 3 fully saturated rings. The molecular formula is C22H32N4O4S. The molecular weight excluding hydrogens is 416 g/mol. The van der Waals surface area contributed by atoms with Crippen LogP contribution in [0, 0.1) is 5.92 Å². The van der Waals surface area contributed by atoms with Gasteiger partial charge in [0, 0.05) is 43.8 Å². The number of carbonyl (C=O) groups excluding carboxylic acids is 2. The van der Waals surface area contributed by atoms with Gasteiger partial charge in [-0.05, 0) is 44.5 Å². The molecule has 0 radical (unpaired) electrons. The van der Waals surface area contributed by atoms with E-state index in [-0.39, 0.29) is 29.5 Å². The first kappa shape index (κ1) is 22.2. The van der Waals surface area contributed by atoms with Crippen LogP contribution in [0.1, 0.15) is 19.3 Å². The van der Waals surface area contributed by atoms with E-state index >= 15 is 0 Å². The number of nitrogens with zero attached hydrogens (tertiary/aromatic N) is 3. The van der Waals surface area contributed by atoms with Crippen LogP contribution in [-0.2, 0) is 19.4 Å². The number of nitrogens with one attached hydrogen (secondary N) is 1. The molecule has 0 aromatic heterocycles. The molecule has 8 nitrogen and oxygen atoms in total. The van der Waals surface area contributed by atoms with Gasteiger partial charge in [0.2, 0.25) is 11.8 Å². The van der Waals surface area contributed by atoms with E-state index in [4.69, 9.17) is 0 Å². The largest absolute Gasteiger partial charge is 0.340 e. The maximum atomic E-state index is 13.0. The number of rotatable bonds is 5. The SMILES string of the molecule is O=C(CN1CCN(C(=O)C2CCN(C3CCS(=O)(=O)C3)CC2)CC1)Nc1ccccc1. The van der Waals surface area contributed by atoms with Crippen molar-refractivity contribution in [2.75, 3.05) is 62.6 Å². The Labute approximate surface area is 184 Å². The first-order chi connectivity index (χ1) is 14.9. The van der Waals surface area contributed by atoms with Crippen molar-refractivity contribution in [2.45, 2.75) is 25.3 Å². The van der Waals surface area contributed by atoms with Crippen molar-refractivity contribution in [1.29, 1.82) is 0 Å². The van der Waals surface area contributed by atoms with Gasteiger partial charge < -0.3 is 10.2 Å². The predicted molar refractivity (Wildman–Crippen MR) is 119 cm³/mol. The Bertz CT molecular complexity index is 876. The molecule has 9 heteroatoms. The topological polar surface area (TPSA) is 90.0 Å². The van der Waals surface area contributed by atoms with Gasteiger partial charge in [0.05, 0.1) is 18.1 Å². The summed E-state index contributed by atoms with van der Waals surface area (Å²) in [5.74, 6) is 0.775. The highest BCUT2D eigenvalue weighted by atomic mass is 32.2. The summed E-state index contributed by atoms with van der Waals surface area (Å²) in [6.45, 7) is 4.64. The van der Waals surface area contributed by atoms with Gasteiger partial charge >= 0.3 is 0 Å². The molecule has 170 valence electrons. The fourth-order valence-corrected chi connectivity index (χ4v) is 6.65. The molecule has 31 heavy (non-hydrogen) atoms. The monoisotopic (exact) mass is 448 g/mol. The smallest absolute Gasteiger partial charge is 0.238 e. The first-order valence-electron chi connectivity index (χ1n) is 11.2. The standard InChI is InChI=1S/C22H32N4O4S/c27-21(23-19-4-2-1-3-5-19)16-24-11-13-26(14-12-24)22(28)18-6-9-25(10-7-18)20-8-15-31(29,30)17-20/h1-5,18,20H,6-17H2,(H,23,27). The number of likely N-dealkylation sites (tertiary alicyclic amines) is 1. The van der Waals surface area contributed by atoms with Gasteiger partial charge in [-0.25, -0.2) is 8.42 Å². The molecule has 2 amide bonds. The molecule has 0 aliphatic carbocycles. The zero-order chi connectivity index (χ0) is 21.8. The highest BCUT2D eigenvalue weighted by Crippen LogP contribution is 2.26. The lowest BCUT2D eigenvalue weighted by Gasteiger charge is -2.39. The quantitative estimate of drug-likeness (QED) is 0.712. The number of hydrogen-bond acceptors (Lipinski definition) is 6. The van der Waals surface area contributed by atoms with Crippen molar-refractivity contribution < 1.29 is 18.0 Å². The first-order valence-corrected chi connectivity index (χ1v) is 13.0. The van der Waals surface area contributed by atoms with Crippen molar-refractivity contribution in [3.05, 3.63) is 30.3 Å². The predicted octanol–water partition coefficient (Wildman–Crippen LogP) is 0.668. The number of carbonyl (C=O) groups is 2. The molecule has 0 spiro atoms. The minimum Gasteiger partial charge on any atom is -0.340 e. The molecule has 1 unspecified atom stereocenters. The van der Waals surface area contributed by atoms with Crippen molar-refractivity contribution in [3.8, 4) is 0 Å². The number of piperazine rings is 1. The van der Waals surface area contributed by atoms with Gasteiger partial charge in [0.15, 0.2) is 9.84 Å². The Kier molecular flexibility index (Phi) is 6.93. The van der Waals surface area contributed by atoms with Crippen LogP contribution in [0.4, 0.5) is 5.69 Å². The van der Waals surface area contributed by atoms with Gasteiger partial charge in [-0.15, -0.1) is 0 Å². The molecule has 3 heterocycles. The molecule has 1 aromatic carbocycles. The van der Waals surface area contributed by atoms with E-state index in [1.807, 2.05) is 35.2 Å². The molecule has 3 saturated heterocycles. The second-order valence-corrected chi connectivity index (χ2v) is 11.1. The Hall–Kier alpha value is -1.97. The van der Waals surface area contributed by atoms with E-state index in [1.54, 1.807) is 0 Å². The number of para-hydroxylation sites is 1. The third kappa shape index (κ3) is 5.84. The minimum absolute atomic E-state index is 0.0298. The molecule has 1 N–H and O–H groups in total. The van der Waals surface area contributed by atoms with Gasteiger partial charge in [0.25, 0.3) is 0 Å². The van der Waals surface area contributed by atoms with E-state index in [0.29, 0.717) is 38.5 Å². The zero-order valence-electron chi connectivity index (χ0n) is 17.9. The maximum absolute atomic E-state index is 13.0. The highest BCUT2D eigenvalue weighted by molar-refractivity contribution is 7.91. The molecule has 4 rings (SSSR count).